The molecule has 1 heterocycles. The van der Waals surface area contributed by atoms with Crippen LogP contribution in [-0.4, -0.2) is 9.55 Å². The predicted molar refractivity (Wildman–Crippen MR) is 77.4 cm³/mol. The standard InChI is InChI=1S/C15H11ClN2O/c1-18-13-8-3-2-7-12(13)14(17-15(18)19)10-5-4-6-11(16)9-10/h2-9H,1H3. The van der Waals surface area contributed by atoms with Crippen LogP contribution in [0.25, 0.3) is 22.2 Å². The second-order valence-corrected chi connectivity index (χ2v) is 4.77. The van der Waals surface area contributed by atoms with E-state index in [0.717, 1.165) is 16.5 Å². The van der Waals surface area contributed by atoms with Gasteiger partial charge in [0.2, 0.25) is 0 Å². The molecule has 19 heavy (non-hydrogen) atoms. The Morgan fingerprint density at radius 1 is 1.11 bits per heavy atom. The molecule has 0 aliphatic carbocycles. The summed E-state index contributed by atoms with van der Waals surface area (Å²) in [5.41, 5.74) is 2.11. The van der Waals surface area contributed by atoms with Crippen molar-refractivity contribution < 1.29 is 0 Å². The molecule has 94 valence electrons. The third-order valence-electron chi connectivity index (χ3n) is 3.11. The molecule has 0 saturated carbocycles. The van der Waals surface area contributed by atoms with Crippen molar-refractivity contribution >= 4 is 22.5 Å². The van der Waals surface area contributed by atoms with Crippen LogP contribution in [0.1, 0.15) is 0 Å². The van der Waals surface area contributed by atoms with Gasteiger partial charge in [0.15, 0.2) is 0 Å². The number of aryl methyl sites for hydroxylation is 1. The van der Waals surface area contributed by atoms with Gasteiger partial charge in [0.1, 0.15) is 0 Å². The van der Waals surface area contributed by atoms with E-state index in [9.17, 15) is 4.79 Å². The second-order valence-electron chi connectivity index (χ2n) is 4.33. The Bertz CT molecular complexity index is 824. The average molecular weight is 271 g/mol. The van der Waals surface area contributed by atoms with Crippen LogP contribution in [0.15, 0.2) is 53.3 Å². The molecule has 0 atom stereocenters. The molecule has 0 aliphatic heterocycles. The van der Waals surface area contributed by atoms with Gasteiger partial charge in [0.25, 0.3) is 0 Å². The van der Waals surface area contributed by atoms with Gasteiger partial charge in [0, 0.05) is 23.0 Å². The maximum atomic E-state index is 11.9. The van der Waals surface area contributed by atoms with Crippen LogP contribution in [0.2, 0.25) is 5.02 Å². The molecule has 0 saturated heterocycles. The van der Waals surface area contributed by atoms with Gasteiger partial charge in [-0.2, -0.15) is 4.98 Å². The smallest absolute Gasteiger partial charge is 0.295 e. The van der Waals surface area contributed by atoms with E-state index < -0.39 is 0 Å². The maximum absolute atomic E-state index is 11.9. The fraction of sp³-hybridized carbons (Fsp3) is 0.0667. The highest BCUT2D eigenvalue weighted by Crippen LogP contribution is 2.26. The molecule has 0 N–H and O–H groups in total. The Labute approximate surface area is 115 Å². The molecular weight excluding hydrogens is 260 g/mol. The summed E-state index contributed by atoms with van der Waals surface area (Å²) in [7, 11) is 1.72. The quantitative estimate of drug-likeness (QED) is 0.680. The van der Waals surface area contributed by atoms with Crippen molar-refractivity contribution in [1.82, 2.24) is 9.55 Å². The minimum atomic E-state index is -0.270. The Morgan fingerprint density at radius 3 is 2.68 bits per heavy atom. The summed E-state index contributed by atoms with van der Waals surface area (Å²) in [6.45, 7) is 0. The van der Waals surface area contributed by atoms with Crippen molar-refractivity contribution in [3.8, 4) is 11.3 Å². The number of hydrogen-bond acceptors (Lipinski definition) is 2. The van der Waals surface area contributed by atoms with Gasteiger partial charge in [-0.3, -0.25) is 4.57 Å². The van der Waals surface area contributed by atoms with Crippen molar-refractivity contribution in [3.05, 3.63) is 64.0 Å². The number of para-hydroxylation sites is 1. The zero-order chi connectivity index (χ0) is 13.4. The Kier molecular flexibility index (Phi) is 2.84. The van der Waals surface area contributed by atoms with Crippen molar-refractivity contribution in [3.63, 3.8) is 0 Å². The molecule has 3 nitrogen and oxygen atoms in total. The molecular formula is C15H11ClN2O. The van der Waals surface area contributed by atoms with Crippen molar-refractivity contribution in [2.45, 2.75) is 0 Å². The third kappa shape index (κ3) is 2.02. The van der Waals surface area contributed by atoms with Gasteiger partial charge >= 0.3 is 5.69 Å². The molecule has 0 radical (unpaired) electrons. The lowest BCUT2D eigenvalue weighted by Gasteiger charge is -2.09. The van der Waals surface area contributed by atoms with Gasteiger partial charge in [-0.1, -0.05) is 41.9 Å². The van der Waals surface area contributed by atoms with Crippen LogP contribution < -0.4 is 5.69 Å². The normalized spacial score (nSPS) is 10.8. The highest BCUT2D eigenvalue weighted by Gasteiger charge is 2.09. The summed E-state index contributed by atoms with van der Waals surface area (Å²) in [4.78, 5) is 16.1. The van der Waals surface area contributed by atoms with Crippen LogP contribution in [0.4, 0.5) is 0 Å². The zero-order valence-corrected chi connectivity index (χ0v) is 11.1. The van der Waals surface area contributed by atoms with Gasteiger partial charge < -0.3 is 0 Å². The van der Waals surface area contributed by atoms with E-state index in [1.54, 1.807) is 17.7 Å². The number of aromatic nitrogens is 2. The molecule has 1 aromatic heterocycles. The van der Waals surface area contributed by atoms with E-state index in [1.165, 1.54) is 0 Å². The monoisotopic (exact) mass is 270 g/mol. The molecule has 0 unspecified atom stereocenters. The summed E-state index contributed by atoms with van der Waals surface area (Å²) < 4.78 is 1.55. The van der Waals surface area contributed by atoms with E-state index in [1.807, 2.05) is 42.5 Å². The van der Waals surface area contributed by atoms with E-state index in [2.05, 4.69) is 4.98 Å². The number of halogens is 1. The molecule has 0 fully saturated rings. The lowest BCUT2D eigenvalue weighted by Crippen LogP contribution is -2.20. The molecule has 0 amide bonds. The Balaban J connectivity index is 2.42. The van der Waals surface area contributed by atoms with Crippen molar-refractivity contribution in [1.29, 1.82) is 0 Å². The van der Waals surface area contributed by atoms with Gasteiger partial charge in [-0.25, -0.2) is 4.79 Å². The SMILES string of the molecule is Cn1c(=O)nc(-c2cccc(Cl)c2)c2ccccc21. The van der Waals surface area contributed by atoms with E-state index >= 15 is 0 Å². The first-order valence-electron chi connectivity index (χ1n) is 5.88. The number of hydrogen-bond donors (Lipinski definition) is 0. The molecule has 3 rings (SSSR count). The van der Waals surface area contributed by atoms with Crippen molar-refractivity contribution in [2.75, 3.05) is 0 Å². The largest absolute Gasteiger partial charge is 0.348 e. The molecule has 4 heteroatoms. The Morgan fingerprint density at radius 2 is 1.89 bits per heavy atom. The molecule has 2 aromatic carbocycles. The first-order valence-corrected chi connectivity index (χ1v) is 6.26. The van der Waals surface area contributed by atoms with Gasteiger partial charge in [0.05, 0.1) is 11.2 Å². The lowest BCUT2D eigenvalue weighted by molar-refractivity contribution is 0.855. The van der Waals surface area contributed by atoms with Crippen LogP contribution in [0, 0.1) is 0 Å². The lowest BCUT2D eigenvalue weighted by atomic mass is 10.1. The minimum Gasteiger partial charge on any atom is -0.295 e. The van der Waals surface area contributed by atoms with Gasteiger partial charge in [-0.05, 0) is 18.2 Å². The van der Waals surface area contributed by atoms with Crippen molar-refractivity contribution in [2.24, 2.45) is 7.05 Å². The fourth-order valence-corrected chi connectivity index (χ4v) is 2.35. The average Bonchev–Trinajstić information content (AvgIpc) is 2.43. The molecule has 0 bridgehead atoms. The summed E-state index contributed by atoms with van der Waals surface area (Å²) >= 11 is 6.01. The number of nitrogens with zero attached hydrogens (tertiary/aromatic N) is 2. The molecule has 3 aromatic rings. The predicted octanol–water partition coefficient (Wildman–Crippen LogP) is 3.25. The van der Waals surface area contributed by atoms with Crippen LogP contribution >= 0.6 is 11.6 Å². The summed E-state index contributed by atoms with van der Waals surface area (Å²) in [6, 6.07) is 15.1. The fourth-order valence-electron chi connectivity index (χ4n) is 2.16. The van der Waals surface area contributed by atoms with E-state index in [4.69, 9.17) is 11.6 Å². The molecule has 0 aliphatic rings. The summed E-state index contributed by atoms with van der Waals surface area (Å²) in [5, 5.41) is 1.57. The first-order chi connectivity index (χ1) is 9.16. The van der Waals surface area contributed by atoms with Crippen LogP contribution in [0.3, 0.4) is 0 Å². The van der Waals surface area contributed by atoms with Crippen LogP contribution in [0.5, 0.6) is 0 Å². The maximum Gasteiger partial charge on any atom is 0.348 e. The zero-order valence-electron chi connectivity index (χ0n) is 10.3. The summed E-state index contributed by atoms with van der Waals surface area (Å²) in [6.07, 6.45) is 0. The second kappa shape index (κ2) is 4.52. The van der Waals surface area contributed by atoms with Gasteiger partial charge in [-0.15, -0.1) is 0 Å². The number of rotatable bonds is 1. The number of benzene rings is 2. The minimum absolute atomic E-state index is 0.270. The highest BCUT2D eigenvalue weighted by molar-refractivity contribution is 6.30. The number of fused-ring (bicyclic) bond motifs is 1. The van der Waals surface area contributed by atoms with E-state index in [-0.39, 0.29) is 5.69 Å². The first kappa shape index (κ1) is 11.9. The topological polar surface area (TPSA) is 34.9 Å². The molecule has 0 spiro atoms. The highest BCUT2D eigenvalue weighted by atomic mass is 35.5. The van der Waals surface area contributed by atoms with Crippen LogP contribution in [-0.2, 0) is 7.05 Å². The summed E-state index contributed by atoms with van der Waals surface area (Å²) in [5.74, 6) is 0. The third-order valence-corrected chi connectivity index (χ3v) is 3.35. The van der Waals surface area contributed by atoms with E-state index in [0.29, 0.717) is 10.7 Å². The Hall–Kier alpha value is -2.13.